The summed E-state index contributed by atoms with van der Waals surface area (Å²) in [7, 11) is 0. The molecule has 1 aromatic carbocycles. The van der Waals surface area contributed by atoms with Crippen molar-refractivity contribution in [3.63, 3.8) is 0 Å². The smallest absolute Gasteiger partial charge is 0.287 e. The molecule has 24 heavy (non-hydrogen) atoms. The first kappa shape index (κ1) is 14.5. The molecule has 1 aliphatic rings. The lowest BCUT2D eigenvalue weighted by Crippen LogP contribution is -2.50. The van der Waals surface area contributed by atoms with Crippen molar-refractivity contribution in [2.45, 2.75) is 6.23 Å². The number of halogens is 1. The number of aromatic amines is 1. The number of H-pyrrole nitrogens is 1. The normalized spacial score (nSPS) is 16.2. The van der Waals surface area contributed by atoms with E-state index in [-0.39, 0.29) is 5.88 Å². The second kappa shape index (κ2) is 5.54. The highest BCUT2D eigenvalue weighted by Gasteiger charge is 2.30. The van der Waals surface area contributed by atoms with Crippen molar-refractivity contribution < 1.29 is 14.3 Å². The molecule has 7 nitrogen and oxygen atoms in total. The molecule has 0 radical (unpaired) electrons. The van der Waals surface area contributed by atoms with Crippen LogP contribution in [0, 0.1) is 0 Å². The molecule has 3 heterocycles. The van der Waals surface area contributed by atoms with Crippen molar-refractivity contribution in [2.75, 3.05) is 5.32 Å². The maximum absolute atomic E-state index is 12.4. The average molecular weight is 343 g/mol. The van der Waals surface area contributed by atoms with E-state index in [1.165, 1.54) is 6.20 Å². The number of hydrogen-bond acceptors (Lipinski definition) is 4. The van der Waals surface area contributed by atoms with Gasteiger partial charge in [0.15, 0.2) is 0 Å². The van der Waals surface area contributed by atoms with Gasteiger partial charge in [0, 0.05) is 22.1 Å². The van der Waals surface area contributed by atoms with Gasteiger partial charge in [-0.1, -0.05) is 11.6 Å². The monoisotopic (exact) mass is 342 g/mol. The molecule has 8 heteroatoms. The van der Waals surface area contributed by atoms with E-state index in [9.17, 15) is 9.59 Å². The Morgan fingerprint density at radius 2 is 2.17 bits per heavy atom. The first-order valence-electron chi connectivity index (χ1n) is 7.12. The van der Waals surface area contributed by atoms with Crippen LogP contribution in [0.2, 0.25) is 5.02 Å². The first-order valence-corrected chi connectivity index (χ1v) is 7.49. The second-order valence-electron chi connectivity index (χ2n) is 5.23. The minimum atomic E-state index is -1.16. The zero-order chi connectivity index (χ0) is 16.7. The van der Waals surface area contributed by atoms with Gasteiger partial charge in [0.1, 0.15) is 11.4 Å². The molecule has 4 rings (SSSR count). The Kier molecular flexibility index (Phi) is 3.35. The van der Waals surface area contributed by atoms with Gasteiger partial charge < -0.3 is 20.4 Å². The zero-order valence-electron chi connectivity index (χ0n) is 12.2. The number of aromatic nitrogens is 2. The molecule has 2 amide bonds. The summed E-state index contributed by atoms with van der Waals surface area (Å²) >= 11 is 5.94. The number of nitrogens with zero attached hydrogens (tertiary/aromatic N) is 1. The molecule has 3 aromatic rings. The molecule has 1 aliphatic heterocycles. The zero-order valence-corrected chi connectivity index (χ0v) is 12.9. The van der Waals surface area contributed by atoms with E-state index in [4.69, 9.17) is 16.3 Å². The molecule has 0 spiro atoms. The molecule has 0 saturated carbocycles. The van der Waals surface area contributed by atoms with Gasteiger partial charge in [0.05, 0.1) is 0 Å². The molecule has 1 unspecified atom stereocenters. The highest BCUT2D eigenvalue weighted by molar-refractivity contribution is 6.31. The summed E-state index contributed by atoms with van der Waals surface area (Å²) in [6.07, 6.45) is 0.381. The Morgan fingerprint density at radius 1 is 1.29 bits per heavy atom. The van der Waals surface area contributed by atoms with Crippen LogP contribution in [-0.2, 0) is 4.79 Å². The van der Waals surface area contributed by atoms with Gasteiger partial charge in [-0.05, 0) is 36.4 Å². The third-order valence-electron chi connectivity index (χ3n) is 3.59. The lowest BCUT2D eigenvalue weighted by atomic mass is 10.2. The fraction of sp³-hybridized carbons (Fsp3) is 0.0625. The van der Waals surface area contributed by atoms with Crippen molar-refractivity contribution in [3.05, 3.63) is 53.3 Å². The number of fused-ring (bicyclic) bond motifs is 2. The summed E-state index contributed by atoms with van der Waals surface area (Å²) in [4.78, 5) is 31.4. The van der Waals surface area contributed by atoms with Gasteiger partial charge in [-0.25, -0.2) is 4.98 Å². The van der Waals surface area contributed by atoms with Crippen LogP contribution in [0.3, 0.4) is 0 Å². The third-order valence-corrected chi connectivity index (χ3v) is 3.82. The van der Waals surface area contributed by atoms with Gasteiger partial charge in [-0.15, -0.1) is 0 Å². The number of benzene rings is 1. The minimum absolute atomic E-state index is 0.255. The van der Waals surface area contributed by atoms with Crippen LogP contribution >= 0.6 is 11.6 Å². The van der Waals surface area contributed by atoms with Crippen LogP contribution in [0.15, 0.2) is 42.6 Å². The second-order valence-corrected chi connectivity index (χ2v) is 5.67. The third kappa shape index (κ3) is 2.55. The number of hydrogen-bond donors (Lipinski definition) is 3. The summed E-state index contributed by atoms with van der Waals surface area (Å²) in [5, 5.41) is 6.53. The van der Waals surface area contributed by atoms with E-state index in [1.807, 2.05) is 0 Å². The number of carbonyl (C=O) groups is 2. The number of carbonyl (C=O) groups excluding carboxylic acids is 2. The number of anilines is 1. The molecule has 0 bridgehead atoms. The van der Waals surface area contributed by atoms with E-state index in [1.54, 1.807) is 36.4 Å². The Hall–Kier alpha value is -3.06. The molecular formula is C16H11ClN4O3. The standard InChI is InChI=1S/C16H11ClN4O3/c17-9-3-4-10-8(6-9)7-12(19-10)13(22)21-16-14(23)20-11-2-1-5-18-15(11)24-16/h1-7,16,19H,(H,20,23)(H,21,22). The number of ether oxygens (including phenoxy) is 1. The maximum atomic E-state index is 12.4. The van der Waals surface area contributed by atoms with E-state index in [0.29, 0.717) is 16.4 Å². The van der Waals surface area contributed by atoms with E-state index in [2.05, 4.69) is 20.6 Å². The van der Waals surface area contributed by atoms with E-state index >= 15 is 0 Å². The average Bonchev–Trinajstić information content (AvgIpc) is 2.98. The van der Waals surface area contributed by atoms with Gasteiger partial charge in [0.2, 0.25) is 5.88 Å². The van der Waals surface area contributed by atoms with Crippen molar-refractivity contribution in [1.82, 2.24) is 15.3 Å². The van der Waals surface area contributed by atoms with Crippen molar-refractivity contribution in [2.24, 2.45) is 0 Å². The van der Waals surface area contributed by atoms with Crippen LogP contribution in [0.25, 0.3) is 10.9 Å². The Morgan fingerprint density at radius 3 is 3.04 bits per heavy atom. The predicted molar refractivity (Wildman–Crippen MR) is 88.1 cm³/mol. The summed E-state index contributed by atoms with van der Waals surface area (Å²) in [6.45, 7) is 0. The molecule has 0 aliphatic carbocycles. The number of amides is 2. The Labute approximate surface area is 141 Å². The Balaban J connectivity index is 1.56. The summed E-state index contributed by atoms with van der Waals surface area (Å²) in [6, 6.07) is 10.2. The maximum Gasteiger partial charge on any atom is 0.287 e. The van der Waals surface area contributed by atoms with Crippen molar-refractivity contribution in [1.29, 1.82) is 0 Å². The summed E-state index contributed by atoms with van der Waals surface area (Å²) in [5.74, 6) is -0.685. The number of rotatable bonds is 2. The van der Waals surface area contributed by atoms with Gasteiger partial charge in [-0.3, -0.25) is 9.59 Å². The van der Waals surface area contributed by atoms with Crippen LogP contribution in [-0.4, -0.2) is 28.0 Å². The molecule has 1 atom stereocenters. The highest BCUT2D eigenvalue weighted by Crippen LogP contribution is 2.25. The quantitative estimate of drug-likeness (QED) is 0.665. The molecule has 0 fully saturated rings. The summed E-state index contributed by atoms with van der Waals surface area (Å²) < 4.78 is 5.44. The molecule has 3 N–H and O–H groups in total. The lowest BCUT2D eigenvalue weighted by molar-refractivity contribution is -0.124. The molecule has 0 saturated heterocycles. The van der Waals surface area contributed by atoms with Gasteiger partial charge in [-0.2, -0.15) is 0 Å². The highest BCUT2D eigenvalue weighted by atomic mass is 35.5. The Bertz CT molecular complexity index is 969. The molecular weight excluding hydrogens is 332 g/mol. The van der Waals surface area contributed by atoms with Gasteiger partial charge in [0.25, 0.3) is 18.0 Å². The fourth-order valence-corrected chi connectivity index (χ4v) is 2.64. The molecule has 120 valence electrons. The lowest BCUT2D eigenvalue weighted by Gasteiger charge is -2.24. The van der Waals surface area contributed by atoms with Crippen molar-refractivity contribution in [3.8, 4) is 5.88 Å². The predicted octanol–water partition coefficient (Wildman–Crippen LogP) is 2.30. The van der Waals surface area contributed by atoms with Crippen molar-refractivity contribution >= 4 is 40.0 Å². The molecule has 2 aromatic heterocycles. The summed E-state index contributed by atoms with van der Waals surface area (Å²) in [5.41, 5.74) is 1.54. The van der Waals surface area contributed by atoms with Gasteiger partial charge >= 0.3 is 0 Å². The van der Waals surface area contributed by atoms with Crippen LogP contribution < -0.4 is 15.4 Å². The van der Waals surface area contributed by atoms with E-state index in [0.717, 1.165) is 10.9 Å². The van der Waals surface area contributed by atoms with Crippen LogP contribution in [0.4, 0.5) is 5.69 Å². The SMILES string of the molecule is O=C(NC1Oc2ncccc2NC1=O)c1cc2cc(Cl)ccc2[nH]1. The van der Waals surface area contributed by atoms with E-state index < -0.39 is 18.0 Å². The fourth-order valence-electron chi connectivity index (χ4n) is 2.46. The number of pyridine rings is 1. The topological polar surface area (TPSA) is 96.1 Å². The van der Waals surface area contributed by atoms with Crippen LogP contribution in [0.1, 0.15) is 10.5 Å². The largest absolute Gasteiger partial charge is 0.442 e. The first-order chi connectivity index (χ1) is 11.6. The minimum Gasteiger partial charge on any atom is -0.442 e. The van der Waals surface area contributed by atoms with Crippen LogP contribution in [0.5, 0.6) is 5.88 Å². The number of nitrogens with one attached hydrogen (secondary N) is 3.